The standard InChI is InChI=1S/C15H18O3/c1-3-13(16)11-14(18-2)9-10-15(17)12-7-5-4-6-8-12/h4-10,14H,3,11H2,1-2H3/b10-9+. The van der Waals surface area contributed by atoms with E-state index in [1.165, 1.54) is 13.2 Å². The maximum Gasteiger partial charge on any atom is 0.185 e. The number of Topliss-reactive ketones (excluding diaryl/α,β-unsaturated/α-hetero) is 1. The third-order valence-electron chi connectivity index (χ3n) is 2.65. The van der Waals surface area contributed by atoms with E-state index in [2.05, 4.69) is 0 Å². The van der Waals surface area contributed by atoms with Crippen molar-refractivity contribution in [3.8, 4) is 0 Å². The molecule has 0 saturated heterocycles. The Morgan fingerprint density at radius 3 is 2.50 bits per heavy atom. The molecule has 0 heterocycles. The fourth-order valence-corrected chi connectivity index (χ4v) is 1.49. The van der Waals surface area contributed by atoms with Crippen LogP contribution in [-0.4, -0.2) is 24.8 Å². The monoisotopic (exact) mass is 246 g/mol. The maximum absolute atomic E-state index is 11.8. The Balaban J connectivity index is 2.61. The average molecular weight is 246 g/mol. The minimum Gasteiger partial charge on any atom is -0.377 e. The molecule has 1 atom stereocenters. The van der Waals surface area contributed by atoms with Crippen LogP contribution in [0, 0.1) is 0 Å². The number of methoxy groups -OCH3 is 1. The molecule has 18 heavy (non-hydrogen) atoms. The van der Waals surface area contributed by atoms with Crippen LogP contribution in [0.2, 0.25) is 0 Å². The first-order valence-electron chi connectivity index (χ1n) is 5.99. The summed E-state index contributed by atoms with van der Waals surface area (Å²) in [4.78, 5) is 23.1. The van der Waals surface area contributed by atoms with Crippen molar-refractivity contribution >= 4 is 11.6 Å². The molecule has 0 aromatic heterocycles. The third-order valence-corrected chi connectivity index (χ3v) is 2.65. The smallest absolute Gasteiger partial charge is 0.185 e. The Kier molecular flexibility index (Phi) is 6.01. The van der Waals surface area contributed by atoms with E-state index in [4.69, 9.17) is 4.74 Å². The molecule has 1 aromatic carbocycles. The molecule has 3 heteroatoms. The van der Waals surface area contributed by atoms with Crippen molar-refractivity contribution in [3.63, 3.8) is 0 Å². The van der Waals surface area contributed by atoms with Crippen LogP contribution in [0.15, 0.2) is 42.5 Å². The van der Waals surface area contributed by atoms with Crippen molar-refractivity contribution in [1.82, 2.24) is 0 Å². The molecule has 1 unspecified atom stereocenters. The van der Waals surface area contributed by atoms with Crippen LogP contribution in [0.4, 0.5) is 0 Å². The zero-order valence-electron chi connectivity index (χ0n) is 10.8. The van der Waals surface area contributed by atoms with Crippen molar-refractivity contribution in [3.05, 3.63) is 48.0 Å². The van der Waals surface area contributed by atoms with Gasteiger partial charge in [0.2, 0.25) is 0 Å². The normalized spacial score (nSPS) is 12.6. The number of rotatable bonds is 7. The summed E-state index contributed by atoms with van der Waals surface area (Å²) >= 11 is 0. The van der Waals surface area contributed by atoms with Crippen molar-refractivity contribution in [2.75, 3.05) is 7.11 Å². The minimum atomic E-state index is -0.329. The van der Waals surface area contributed by atoms with Gasteiger partial charge < -0.3 is 4.74 Å². The lowest BCUT2D eigenvalue weighted by molar-refractivity contribution is -0.120. The molecule has 3 nitrogen and oxygen atoms in total. The first-order valence-corrected chi connectivity index (χ1v) is 5.99. The predicted molar refractivity (Wildman–Crippen MR) is 70.6 cm³/mol. The largest absolute Gasteiger partial charge is 0.377 e. The van der Waals surface area contributed by atoms with Gasteiger partial charge in [-0.2, -0.15) is 0 Å². The van der Waals surface area contributed by atoms with Crippen LogP contribution in [0.3, 0.4) is 0 Å². The Bertz CT molecular complexity index is 421. The predicted octanol–water partition coefficient (Wildman–Crippen LogP) is 2.81. The van der Waals surface area contributed by atoms with Crippen molar-refractivity contribution in [2.24, 2.45) is 0 Å². The molecule has 0 amide bonds. The number of carbonyl (C=O) groups is 2. The Morgan fingerprint density at radius 1 is 1.28 bits per heavy atom. The van der Waals surface area contributed by atoms with E-state index < -0.39 is 0 Å². The summed E-state index contributed by atoms with van der Waals surface area (Å²) < 4.78 is 5.15. The van der Waals surface area contributed by atoms with Gasteiger partial charge in [0.05, 0.1) is 6.10 Å². The molecule has 0 aliphatic rings. The zero-order chi connectivity index (χ0) is 13.4. The summed E-state index contributed by atoms with van der Waals surface area (Å²) in [5, 5.41) is 0. The highest BCUT2D eigenvalue weighted by molar-refractivity contribution is 6.04. The number of benzene rings is 1. The van der Waals surface area contributed by atoms with E-state index in [9.17, 15) is 9.59 Å². The zero-order valence-corrected chi connectivity index (χ0v) is 10.8. The topological polar surface area (TPSA) is 43.4 Å². The van der Waals surface area contributed by atoms with Crippen molar-refractivity contribution < 1.29 is 14.3 Å². The number of ketones is 2. The van der Waals surface area contributed by atoms with Crippen molar-refractivity contribution in [2.45, 2.75) is 25.9 Å². The van der Waals surface area contributed by atoms with Crippen LogP contribution in [0.1, 0.15) is 30.1 Å². The molecule has 1 aromatic rings. The molecule has 96 valence electrons. The van der Waals surface area contributed by atoms with E-state index in [1.807, 2.05) is 25.1 Å². The highest BCUT2D eigenvalue weighted by atomic mass is 16.5. The third kappa shape index (κ3) is 4.63. The number of allylic oxidation sites excluding steroid dienone is 1. The summed E-state index contributed by atoms with van der Waals surface area (Å²) in [7, 11) is 1.53. The van der Waals surface area contributed by atoms with Crippen LogP contribution in [0.25, 0.3) is 0 Å². The van der Waals surface area contributed by atoms with E-state index in [0.717, 1.165) is 0 Å². The Labute approximate surface area is 107 Å². The molecule has 0 radical (unpaired) electrons. The van der Waals surface area contributed by atoms with Gasteiger partial charge in [-0.1, -0.05) is 43.3 Å². The number of ether oxygens (including phenoxy) is 1. The highest BCUT2D eigenvalue weighted by Gasteiger charge is 2.09. The van der Waals surface area contributed by atoms with Gasteiger partial charge >= 0.3 is 0 Å². The van der Waals surface area contributed by atoms with Gasteiger partial charge in [-0.25, -0.2) is 0 Å². The maximum atomic E-state index is 11.8. The van der Waals surface area contributed by atoms with Gasteiger partial charge in [-0.15, -0.1) is 0 Å². The van der Waals surface area contributed by atoms with E-state index >= 15 is 0 Å². The Morgan fingerprint density at radius 2 is 1.94 bits per heavy atom. The molecule has 1 rings (SSSR count). The molecule has 0 N–H and O–H groups in total. The first kappa shape index (κ1) is 14.3. The summed E-state index contributed by atoms with van der Waals surface area (Å²) in [5.41, 5.74) is 0.630. The molecule has 0 spiro atoms. The number of hydrogen-bond donors (Lipinski definition) is 0. The van der Waals surface area contributed by atoms with Gasteiger partial charge in [0.25, 0.3) is 0 Å². The van der Waals surface area contributed by atoms with Crippen LogP contribution in [0.5, 0.6) is 0 Å². The van der Waals surface area contributed by atoms with Gasteiger partial charge in [-0.05, 0) is 6.08 Å². The van der Waals surface area contributed by atoms with Gasteiger partial charge in [0, 0.05) is 25.5 Å². The first-order chi connectivity index (χ1) is 8.67. The lowest BCUT2D eigenvalue weighted by atomic mass is 10.1. The SMILES string of the molecule is CCC(=O)CC(/C=C/C(=O)c1ccccc1)OC. The van der Waals surface area contributed by atoms with Gasteiger partial charge in [-0.3, -0.25) is 9.59 Å². The number of carbonyl (C=O) groups excluding carboxylic acids is 2. The average Bonchev–Trinajstić information content (AvgIpc) is 2.43. The summed E-state index contributed by atoms with van der Waals surface area (Å²) in [5.74, 6) is 0.0419. The summed E-state index contributed by atoms with van der Waals surface area (Å²) in [6, 6.07) is 9.00. The van der Waals surface area contributed by atoms with Gasteiger partial charge in [0.15, 0.2) is 5.78 Å². The highest BCUT2D eigenvalue weighted by Crippen LogP contribution is 2.05. The molecular formula is C15H18O3. The van der Waals surface area contributed by atoms with Crippen LogP contribution < -0.4 is 0 Å². The minimum absolute atomic E-state index is 0.0819. The van der Waals surface area contributed by atoms with Gasteiger partial charge in [0.1, 0.15) is 5.78 Å². The fourth-order valence-electron chi connectivity index (χ4n) is 1.49. The fraction of sp³-hybridized carbons (Fsp3) is 0.333. The molecule has 0 fully saturated rings. The van der Waals surface area contributed by atoms with E-state index in [1.54, 1.807) is 18.2 Å². The molecule has 0 saturated carbocycles. The van der Waals surface area contributed by atoms with E-state index in [-0.39, 0.29) is 17.7 Å². The molecule has 0 aliphatic heterocycles. The second kappa shape index (κ2) is 7.56. The van der Waals surface area contributed by atoms with Crippen molar-refractivity contribution in [1.29, 1.82) is 0 Å². The second-order valence-electron chi connectivity index (χ2n) is 3.96. The lowest BCUT2D eigenvalue weighted by Gasteiger charge is -2.08. The lowest BCUT2D eigenvalue weighted by Crippen LogP contribution is -2.13. The molecule has 0 bridgehead atoms. The van der Waals surface area contributed by atoms with Crippen LogP contribution >= 0.6 is 0 Å². The Hall–Kier alpha value is -1.74. The number of hydrogen-bond acceptors (Lipinski definition) is 3. The molecular weight excluding hydrogens is 228 g/mol. The second-order valence-corrected chi connectivity index (χ2v) is 3.96. The van der Waals surface area contributed by atoms with E-state index in [0.29, 0.717) is 18.4 Å². The van der Waals surface area contributed by atoms with Crippen LogP contribution in [-0.2, 0) is 9.53 Å². The summed E-state index contributed by atoms with van der Waals surface area (Å²) in [6.45, 7) is 1.81. The molecule has 0 aliphatic carbocycles. The summed E-state index contributed by atoms with van der Waals surface area (Å²) in [6.07, 6.45) is 3.58. The quantitative estimate of drug-likeness (QED) is 0.549.